The summed E-state index contributed by atoms with van der Waals surface area (Å²) in [6, 6.07) is 5.33. The van der Waals surface area contributed by atoms with E-state index in [4.69, 9.17) is 0 Å². The summed E-state index contributed by atoms with van der Waals surface area (Å²) >= 11 is 0. The predicted octanol–water partition coefficient (Wildman–Crippen LogP) is 2.33. The summed E-state index contributed by atoms with van der Waals surface area (Å²) in [7, 11) is 0. The van der Waals surface area contributed by atoms with Gasteiger partial charge in [-0.25, -0.2) is 4.98 Å². The van der Waals surface area contributed by atoms with Crippen LogP contribution in [0.25, 0.3) is 0 Å². The maximum absolute atomic E-state index is 12.4. The maximum Gasteiger partial charge on any atom is 0.253 e. The fourth-order valence-electron chi connectivity index (χ4n) is 3.86. The molecule has 2 aliphatic rings. The number of hydrogen-bond acceptors (Lipinski definition) is 4. The number of carbonyl (C=O) groups excluding carboxylic acids is 1. The van der Waals surface area contributed by atoms with E-state index in [9.17, 15) is 4.79 Å². The van der Waals surface area contributed by atoms with Crippen molar-refractivity contribution in [3.63, 3.8) is 0 Å². The molecule has 2 unspecified atom stereocenters. The van der Waals surface area contributed by atoms with Crippen LogP contribution in [-0.2, 0) is 0 Å². The molecule has 3 rings (SSSR count). The molecule has 0 saturated carbocycles. The van der Waals surface area contributed by atoms with Crippen LogP contribution in [0.1, 0.15) is 56.3 Å². The molecule has 1 aromatic heterocycles. The van der Waals surface area contributed by atoms with Crippen molar-refractivity contribution in [1.29, 1.82) is 0 Å². The highest BCUT2D eigenvalue weighted by Crippen LogP contribution is 2.26. The Morgan fingerprint density at radius 2 is 2.04 bits per heavy atom. The van der Waals surface area contributed by atoms with Crippen LogP contribution < -0.4 is 15.5 Å². The molecule has 2 N–H and O–H groups in total. The third-order valence-electron chi connectivity index (χ3n) is 5.02. The highest BCUT2D eigenvalue weighted by Gasteiger charge is 2.34. The first-order valence-electron chi connectivity index (χ1n) is 8.97. The number of nitrogens with zero attached hydrogens (tertiary/aromatic N) is 2. The van der Waals surface area contributed by atoms with Crippen LogP contribution in [-0.4, -0.2) is 42.1 Å². The van der Waals surface area contributed by atoms with Crippen molar-refractivity contribution in [3.05, 3.63) is 23.9 Å². The molecule has 0 radical (unpaired) electrons. The first-order chi connectivity index (χ1) is 11.2. The number of pyridine rings is 1. The van der Waals surface area contributed by atoms with Crippen molar-refractivity contribution in [3.8, 4) is 0 Å². The van der Waals surface area contributed by atoms with Crippen molar-refractivity contribution < 1.29 is 4.79 Å². The molecular formula is C18H28N4O. The number of fused-ring (bicyclic) bond motifs is 2. The third-order valence-corrected chi connectivity index (χ3v) is 5.02. The van der Waals surface area contributed by atoms with Gasteiger partial charge in [0.2, 0.25) is 0 Å². The summed E-state index contributed by atoms with van der Waals surface area (Å²) in [5.74, 6) is 0.958. The van der Waals surface area contributed by atoms with E-state index in [1.165, 1.54) is 12.8 Å². The summed E-state index contributed by atoms with van der Waals surface area (Å²) in [4.78, 5) is 19.1. The number of nitrogens with one attached hydrogen (secondary N) is 2. The van der Waals surface area contributed by atoms with Gasteiger partial charge in [0.25, 0.3) is 5.91 Å². The first kappa shape index (κ1) is 16.2. The zero-order valence-corrected chi connectivity index (χ0v) is 14.2. The Balaban J connectivity index is 1.59. The van der Waals surface area contributed by atoms with Crippen LogP contribution in [0.4, 0.5) is 5.82 Å². The molecule has 2 saturated heterocycles. The summed E-state index contributed by atoms with van der Waals surface area (Å²) in [5.41, 5.74) is 0.659. The quantitative estimate of drug-likeness (QED) is 0.846. The van der Waals surface area contributed by atoms with Crippen LogP contribution in [0.15, 0.2) is 18.3 Å². The lowest BCUT2D eigenvalue weighted by molar-refractivity contribution is 0.0923. The Bertz CT molecular complexity index is 518. The molecule has 2 atom stereocenters. The second-order valence-electron chi connectivity index (χ2n) is 6.76. The van der Waals surface area contributed by atoms with E-state index in [2.05, 4.69) is 34.4 Å². The standard InChI is InChI=1S/C18H28N4O/c1-3-9-22(4-2)17-8-5-13(12-19-17)18(23)21-16-10-14-6-7-15(11-16)20-14/h5,8,12,14-16,20H,3-4,6-7,9-11H2,1-2H3,(H,21,23). The largest absolute Gasteiger partial charge is 0.357 e. The van der Waals surface area contributed by atoms with Crippen LogP contribution in [0.2, 0.25) is 0 Å². The molecule has 23 heavy (non-hydrogen) atoms. The molecule has 5 nitrogen and oxygen atoms in total. The zero-order valence-electron chi connectivity index (χ0n) is 14.2. The average molecular weight is 316 g/mol. The normalized spacial score (nSPS) is 26.1. The minimum absolute atomic E-state index is 0.00823. The lowest BCUT2D eigenvalue weighted by Gasteiger charge is -2.29. The van der Waals surface area contributed by atoms with Crippen LogP contribution in [0, 0.1) is 0 Å². The highest BCUT2D eigenvalue weighted by atomic mass is 16.1. The van der Waals surface area contributed by atoms with Gasteiger partial charge in [0.15, 0.2) is 0 Å². The lowest BCUT2D eigenvalue weighted by Crippen LogP contribution is -2.48. The van der Waals surface area contributed by atoms with Crippen LogP contribution >= 0.6 is 0 Å². The molecule has 3 heterocycles. The number of carbonyl (C=O) groups is 1. The number of anilines is 1. The van der Waals surface area contributed by atoms with Crippen molar-refractivity contribution in [2.24, 2.45) is 0 Å². The van der Waals surface area contributed by atoms with Gasteiger partial charge in [-0.1, -0.05) is 6.92 Å². The number of piperidine rings is 1. The van der Waals surface area contributed by atoms with Gasteiger partial charge >= 0.3 is 0 Å². The smallest absolute Gasteiger partial charge is 0.253 e. The summed E-state index contributed by atoms with van der Waals surface area (Å²) in [6.45, 7) is 6.22. The summed E-state index contributed by atoms with van der Waals surface area (Å²) in [6.07, 6.45) is 7.39. The minimum atomic E-state index is 0.00823. The minimum Gasteiger partial charge on any atom is -0.357 e. The van der Waals surface area contributed by atoms with E-state index in [-0.39, 0.29) is 5.91 Å². The van der Waals surface area contributed by atoms with E-state index in [1.807, 2.05) is 12.1 Å². The molecule has 1 amide bonds. The third kappa shape index (κ3) is 3.83. The van der Waals surface area contributed by atoms with Crippen LogP contribution in [0.3, 0.4) is 0 Å². The highest BCUT2D eigenvalue weighted by molar-refractivity contribution is 5.94. The van der Waals surface area contributed by atoms with Crippen molar-refractivity contribution >= 4 is 11.7 Å². The fourth-order valence-corrected chi connectivity index (χ4v) is 3.86. The number of rotatable bonds is 6. The number of hydrogen-bond donors (Lipinski definition) is 2. The van der Waals surface area contributed by atoms with E-state index >= 15 is 0 Å². The van der Waals surface area contributed by atoms with E-state index < -0.39 is 0 Å². The molecule has 126 valence electrons. The van der Waals surface area contributed by atoms with Gasteiger partial charge in [0.05, 0.1) is 5.56 Å². The van der Waals surface area contributed by atoms with Gasteiger partial charge in [-0.15, -0.1) is 0 Å². The Morgan fingerprint density at radius 1 is 1.30 bits per heavy atom. The number of amides is 1. The molecule has 0 aliphatic carbocycles. The van der Waals surface area contributed by atoms with E-state index in [0.29, 0.717) is 23.7 Å². The monoisotopic (exact) mass is 316 g/mol. The van der Waals surface area contributed by atoms with Gasteiger partial charge in [0.1, 0.15) is 5.82 Å². The molecule has 5 heteroatoms. The second kappa shape index (κ2) is 7.30. The summed E-state index contributed by atoms with van der Waals surface area (Å²) in [5, 5.41) is 6.79. The predicted molar refractivity (Wildman–Crippen MR) is 92.8 cm³/mol. The molecule has 2 bridgehead atoms. The Hall–Kier alpha value is -1.62. The number of aromatic nitrogens is 1. The maximum atomic E-state index is 12.4. The van der Waals surface area contributed by atoms with Gasteiger partial charge in [-0.2, -0.15) is 0 Å². The van der Waals surface area contributed by atoms with Crippen molar-refractivity contribution in [1.82, 2.24) is 15.6 Å². The lowest BCUT2D eigenvalue weighted by atomic mass is 9.99. The van der Waals surface area contributed by atoms with Gasteiger partial charge in [0, 0.05) is 37.4 Å². The molecule has 0 aromatic carbocycles. The van der Waals surface area contributed by atoms with Gasteiger partial charge < -0.3 is 15.5 Å². The van der Waals surface area contributed by atoms with Crippen LogP contribution in [0.5, 0.6) is 0 Å². The second-order valence-corrected chi connectivity index (χ2v) is 6.76. The topological polar surface area (TPSA) is 57.3 Å². The SMILES string of the molecule is CCCN(CC)c1ccc(C(=O)NC2CC3CCC(C2)N3)cn1. The van der Waals surface area contributed by atoms with E-state index in [0.717, 1.165) is 38.2 Å². The molecule has 2 aliphatic heterocycles. The Kier molecular flexibility index (Phi) is 5.16. The summed E-state index contributed by atoms with van der Waals surface area (Å²) < 4.78 is 0. The molecule has 0 spiro atoms. The van der Waals surface area contributed by atoms with E-state index in [1.54, 1.807) is 6.20 Å². The van der Waals surface area contributed by atoms with Crippen molar-refractivity contribution in [2.75, 3.05) is 18.0 Å². The first-order valence-corrected chi connectivity index (χ1v) is 8.97. The van der Waals surface area contributed by atoms with Crippen molar-refractivity contribution in [2.45, 2.75) is 64.1 Å². The van der Waals surface area contributed by atoms with Gasteiger partial charge in [-0.3, -0.25) is 4.79 Å². The zero-order chi connectivity index (χ0) is 16.2. The molecule has 2 fully saturated rings. The van der Waals surface area contributed by atoms with Gasteiger partial charge in [-0.05, 0) is 51.2 Å². The Labute approximate surface area is 138 Å². The average Bonchev–Trinajstić information content (AvgIpc) is 2.91. The fraction of sp³-hybridized carbons (Fsp3) is 0.667. The molecular weight excluding hydrogens is 288 g/mol. The molecule has 1 aromatic rings. The Morgan fingerprint density at radius 3 is 2.61 bits per heavy atom.